The molecule has 0 amide bonds. The van der Waals surface area contributed by atoms with Gasteiger partial charge in [0.15, 0.2) is 5.11 Å². The van der Waals surface area contributed by atoms with Crippen LogP contribution < -0.4 is 11.2 Å². The molecule has 0 spiro atoms. The zero-order valence-electron chi connectivity index (χ0n) is 9.71. The van der Waals surface area contributed by atoms with E-state index >= 15 is 0 Å². The number of hydrazone groups is 1. The highest BCUT2D eigenvalue weighted by Crippen LogP contribution is 2.07. The minimum absolute atomic E-state index is 0.0874. The van der Waals surface area contributed by atoms with Gasteiger partial charge in [0.2, 0.25) is 6.29 Å². The van der Waals surface area contributed by atoms with Crippen molar-refractivity contribution in [2.24, 2.45) is 10.8 Å². The Morgan fingerprint density at radius 2 is 1.88 bits per heavy atom. The SMILES string of the molecule is COC(OC)C(=NNC(N)=S)c1ccccc1. The molecule has 5 nitrogen and oxygen atoms in total. The summed E-state index contributed by atoms with van der Waals surface area (Å²) in [4.78, 5) is 0. The fraction of sp³-hybridized carbons (Fsp3) is 0.273. The predicted octanol–water partition coefficient (Wildman–Crippen LogP) is 0.843. The Balaban J connectivity index is 3.02. The summed E-state index contributed by atoms with van der Waals surface area (Å²) < 4.78 is 10.3. The normalized spacial score (nSPS) is 11.6. The van der Waals surface area contributed by atoms with Crippen molar-refractivity contribution in [1.29, 1.82) is 0 Å². The van der Waals surface area contributed by atoms with Crippen LogP contribution >= 0.6 is 12.2 Å². The van der Waals surface area contributed by atoms with Crippen molar-refractivity contribution in [3.8, 4) is 0 Å². The van der Waals surface area contributed by atoms with Gasteiger partial charge in [-0.2, -0.15) is 5.10 Å². The number of methoxy groups -OCH3 is 2. The van der Waals surface area contributed by atoms with Crippen LogP contribution in [-0.2, 0) is 9.47 Å². The Labute approximate surface area is 106 Å². The molecule has 17 heavy (non-hydrogen) atoms. The quantitative estimate of drug-likeness (QED) is 0.352. The van der Waals surface area contributed by atoms with Crippen LogP contribution in [0.5, 0.6) is 0 Å². The molecule has 0 atom stereocenters. The van der Waals surface area contributed by atoms with Crippen molar-refractivity contribution in [3.63, 3.8) is 0 Å². The smallest absolute Gasteiger partial charge is 0.202 e. The number of benzene rings is 1. The summed E-state index contributed by atoms with van der Waals surface area (Å²) in [6, 6.07) is 9.50. The van der Waals surface area contributed by atoms with Crippen molar-refractivity contribution in [1.82, 2.24) is 5.43 Å². The van der Waals surface area contributed by atoms with Gasteiger partial charge in [0.1, 0.15) is 5.71 Å². The van der Waals surface area contributed by atoms with Crippen molar-refractivity contribution in [3.05, 3.63) is 35.9 Å². The monoisotopic (exact) mass is 253 g/mol. The van der Waals surface area contributed by atoms with Gasteiger partial charge in [-0.1, -0.05) is 30.3 Å². The second-order valence-electron chi connectivity index (χ2n) is 3.14. The Morgan fingerprint density at radius 3 is 2.35 bits per heavy atom. The fourth-order valence-corrected chi connectivity index (χ4v) is 1.34. The molecule has 0 aliphatic rings. The van der Waals surface area contributed by atoms with E-state index in [0.29, 0.717) is 5.71 Å². The molecule has 92 valence electrons. The number of hydrogen-bond acceptors (Lipinski definition) is 4. The molecule has 1 aromatic carbocycles. The zero-order valence-corrected chi connectivity index (χ0v) is 10.5. The van der Waals surface area contributed by atoms with E-state index in [-0.39, 0.29) is 5.11 Å². The van der Waals surface area contributed by atoms with E-state index in [9.17, 15) is 0 Å². The molecular formula is C11H15N3O2S. The number of rotatable bonds is 5. The Morgan fingerprint density at radius 1 is 1.29 bits per heavy atom. The van der Waals surface area contributed by atoms with E-state index in [1.54, 1.807) is 0 Å². The van der Waals surface area contributed by atoms with Crippen LogP contribution in [0.2, 0.25) is 0 Å². The molecule has 0 saturated carbocycles. The van der Waals surface area contributed by atoms with Gasteiger partial charge in [-0.3, -0.25) is 5.43 Å². The van der Waals surface area contributed by atoms with Gasteiger partial charge in [-0.15, -0.1) is 0 Å². The average molecular weight is 253 g/mol. The molecule has 6 heteroatoms. The lowest BCUT2D eigenvalue weighted by Crippen LogP contribution is -2.31. The van der Waals surface area contributed by atoms with Crippen molar-refractivity contribution in [2.45, 2.75) is 6.29 Å². The lowest BCUT2D eigenvalue weighted by molar-refractivity contribution is -0.0517. The van der Waals surface area contributed by atoms with Crippen LogP contribution in [0, 0.1) is 0 Å². The van der Waals surface area contributed by atoms with Gasteiger partial charge in [-0.25, -0.2) is 0 Å². The standard InChI is InChI=1S/C11H15N3O2S/c1-15-10(16-2)9(13-14-11(12)17)8-6-4-3-5-7-8/h3-7,10H,1-2H3,(H3,12,14,17). The highest BCUT2D eigenvalue weighted by Gasteiger charge is 2.16. The fourth-order valence-electron chi connectivity index (χ4n) is 1.30. The number of hydrogen-bond donors (Lipinski definition) is 2. The minimum atomic E-state index is -0.584. The third kappa shape index (κ3) is 4.10. The maximum atomic E-state index is 5.33. The molecule has 0 fully saturated rings. The lowest BCUT2D eigenvalue weighted by Gasteiger charge is -2.16. The van der Waals surface area contributed by atoms with E-state index in [1.165, 1.54) is 14.2 Å². The molecule has 0 aliphatic heterocycles. The predicted molar refractivity (Wildman–Crippen MR) is 70.7 cm³/mol. The zero-order chi connectivity index (χ0) is 12.7. The summed E-state index contributed by atoms with van der Waals surface area (Å²) in [6.45, 7) is 0. The first kappa shape index (κ1) is 13.6. The lowest BCUT2D eigenvalue weighted by atomic mass is 10.1. The van der Waals surface area contributed by atoms with E-state index in [4.69, 9.17) is 27.4 Å². The van der Waals surface area contributed by atoms with Crippen LogP contribution in [0.15, 0.2) is 35.4 Å². The first-order valence-electron chi connectivity index (χ1n) is 4.93. The number of nitrogens with one attached hydrogen (secondary N) is 1. The van der Waals surface area contributed by atoms with Crippen molar-refractivity contribution in [2.75, 3.05) is 14.2 Å². The van der Waals surface area contributed by atoms with Gasteiger partial charge in [0.05, 0.1) is 0 Å². The maximum absolute atomic E-state index is 5.33. The van der Waals surface area contributed by atoms with Crippen LogP contribution in [0.3, 0.4) is 0 Å². The molecule has 0 bridgehead atoms. The van der Waals surface area contributed by atoms with Crippen LogP contribution in [0.1, 0.15) is 5.56 Å². The molecule has 0 unspecified atom stereocenters. The first-order chi connectivity index (χ1) is 8.19. The van der Waals surface area contributed by atoms with Gasteiger partial charge >= 0.3 is 0 Å². The minimum Gasteiger partial charge on any atom is -0.375 e. The molecular weight excluding hydrogens is 238 g/mol. The summed E-state index contributed by atoms with van der Waals surface area (Å²) in [6.07, 6.45) is -0.584. The van der Waals surface area contributed by atoms with Gasteiger partial charge in [0.25, 0.3) is 0 Å². The van der Waals surface area contributed by atoms with Crippen molar-refractivity contribution < 1.29 is 9.47 Å². The summed E-state index contributed by atoms with van der Waals surface area (Å²) in [5.41, 5.74) is 9.30. The molecule has 0 aliphatic carbocycles. The highest BCUT2D eigenvalue weighted by atomic mass is 32.1. The molecule has 3 N–H and O–H groups in total. The summed E-state index contributed by atoms with van der Waals surface area (Å²) in [7, 11) is 3.07. The third-order valence-electron chi connectivity index (χ3n) is 2.01. The van der Waals surface area contributed by atoms with Gasteiger partial charge < -0.3 is 15.2 Å². The maximum Gasteiger partial charge on any atom is 0.202 e. The molecule has 1 rings (SSSR count). The topological polar surface area (TPSA) is 68.9 Å². The molecule has 0 saturated heterocycles. The van der Waals surface area contributed by atoms with Gasteiger partial charge in [0, 0.05) is 19.8 Å². The third-order valence-corrected chi connectivity index (χ3v) is 2.10. The van der Waals surface area contributed by atoms with Gasteiger partial charge in [-0.05, 0) is 12.2 Å². The van der Waals surface area contributed by atoms with Crippen LogP contribution in [0.4, 0.5) is 0 Å². The Hall–Kier alpha value is -1.50. The summed E-state index contributed by atoms with van der Waals surface area (Å²) >= 11 is 4.70. The van der Waals surface area contributed by atoms with Crippen LogP contribution in [0.25, 0.3) is 0 Å². The number of nitrogens with two attached hydrogens (primary N) is 1. The van der Waals surface area contributed by atoms with Crippen LogP contribution in [-0.4, -0.2) is 31.3 Å². The van der Waals surface area contributed by atoms with E-state index in [2.05, 4.69) is 10.5 Å². The van der Waals surface area contributed by atoms with Crippen molar-refractivity contribution >= 4 is 23.0 Å². The number of nitrogens with zero attached hydrogens (tertiary/aromatic N) is 1. The summed E-state index contributed by atoms with van der Waals surface area (Å²) in [5.74, 6) is 0. The highest BCUT2D eigenvalue weighted by molar-refractivity contribution is 7.80. The second kappa shape index (κ2) is 6.95. The Bertz CT molecular complexity index is 391. The summed E-state index contributed by atoms with van der Waals surface area (Å²) in [5, 5.41) is 4.17. The molecule has 0 radical (unpaired) electrons. The number of thiocarbonyl (C=S) groups is 1. The number of ether oxygens (including phenoxy) is 2. The Kier molecular flexibility index (Phi) is 5.55. The molecule has 0 aromatic heterocycles. The molecule has 1 aromatic rings. The molecule has 0 heterocycles. The largest absolute Gasteiger partial charge is 0.375 e. The first-order valence-corrected chi connectivity index (χ1v) is 5.34. The second-order valence-corrected chi connectivity index (χ2v) is 3.58. The van der Waals surface area contributed by atoms with E-state index in [0.717, 1.165) is 5.56 Å². The average Bonchev–Trinajstić information content (AvgIpc) is 2.35. The van der Waals surface area contributed by atoms with E-state index in [1.807, 2.05) is 30.3 Å². The van der Waals surface area contributed by atoms with E-state index < -0.39 is 6.29 Å².